The maximum Gasteiger partial charge on any atom is 0.0420 e. The topological polar surface area (TPSA) is 50.9 Å². The van der Waals surface area contributed by atoms with E-state index in [4.69, 9.17) is 5.84 Å². The molecular weight excluding hydrogens is 290 g/mol. The molecule has 1 fully saturated rings. The third kappa shape index (κ3) is 3.77. The molecule has 3 unspecified atom stereocenters. The Morgan fingerprint density at radius 3 is 2.94 bits per heavy atom. The fraction of sp³-hybridized carbons (Fsp3) is 0.643. The standard InChI is InChI=1S/C14H22BrN3/c1-10-3-2-4-11(7-10)14(18-16)8-13-6-5-12(15)9-17-13/h5-6,9-11,14,18H,2-4,7-8,16H2,1H3. The second kappa shape index (κ2) is 6.64. The van der Waals surface area contributed by atoms with Crippen molar-refractivity contribution in [3.05, 3.63) is 28.5 Å². The molecule has 0 spiro atoms. The van der Waals surface area contributed by atoms with Crippen molar-refractivity contribution < 1.29 is 0 Å². The minimum absolute atomic E-state index is 0.349. The van der Waals surface area contributed by atoms with Gasteiger partial charge < -0.3 is 0 Å². The zero-order chi connectivity index (χ0) is 13.0. The fourth-order valence-electron chi connectivity index (χ4n) is 2.96. The minimum Gasteiger partial charge on any atom is -0.271 e. The first kappa shape index (κ1) is 14.0. The molecule has 0 aliphatic heterocycles. The van der Waals surface area contributed by atoms with Gasteiger partial charge in [0.25, 0.3) is 0 Å². The van der Waals surface area contributed by atoms with Gasteiger partial charge >= 0.3 is 0 Å². The van der Waals surface area contributed by atoms with Gasteiger partial charge in [-0.05, 0) is 52.7 Å². The second-order valence-corrected chi connectivity index (χ2v) is 6.39. The van der Waals surface area contributed by atoms with E-state index in [-0.39, 0.29) is 0 Å². The Morgan fingerprint density at radius 2 is 2.33 bits per heavy atom. The summed E-state index contributed by atoms with van der Waals surface area (Å²) in [4.78, 5) is 4.44. The Balaban J connectivity index is 1.98. The summed E-state index contributed by atoms with van der Waals surface area (Å²) in [6, 6.07) is 4.46. The largest absolute Gasteiger partial charge is 0.271 e. The number of hydrazine groups is 1. The number of pyridine rings is 1. The summed E-state index contributed by atoms with van der Waals surface area (Å²) in [5, 5.41) is 0. The predicted molar refractivity (Wildman–Crippen MR) is 77.9 cm³/mol. The Hall–Kier alpha value is -0.450. The Morgan fingerprint density at radius 1 is 1.50 bits per heavy atom. The van der Waals surface area contributed by atoms with Crippen molar-refractivity contribution in [1.82, 2.24) is 10.4 Å². The number of halogens is 1. The van der Waals surface area contributed by atoms with Crippen LogP contribution in [0.15, 0.2) is 22.8 Å². The van der Waals surface area contributed by atoms with Crippen LogP contribution in [0.5, 0.6) is 0 Å². The molecule has 1 heterocycles. The summed E-state index contributed by atoms with van der Waals surface area (Å²) in [6.45, 7) is 2.34. The Labute approximate surface area is 118 Å². The Kier molecular flexibility index (Phi) is 5.15. The SMILES string of the molecule is CC1CCCC(C(Cc2ccc(Br)cn2)NN)C1. The zero-order valence-corrected chi connectivity index (χ0v) is 12.5. The van der Waals surface area contributed by atoms with Crippen LogP contribution in [0.25, 0.3) is 0 Å². The summed E-state index contributed by atoms with van der Waals surface area (Å²) < 4.78 is 1.02. The lowest BCUT2D eigenvalue weighted by Gasteiger charge is -2.32. The third-order valence-electron chi connectivity index (χ3n) is 3.98. The van der Waals surface area contributed by atoms with E-state index < -0.39 is 0 Å². The van der Waals surface area contributed by atoms with E-state index in [1.807, 2.05) is 12.3 Å². The van der Waals surface area contributed by atoms with Crippen molar-refractivity contribution in [1.29, 1.82) is 0 Å². The van der Waals surface area contributed by atoms with E-state index in [1.54, 1.807) is 0 Å². The smallest absolute Gasteiger partial charge is 0.0420 e. The number of nitrogens with zero attached hydrogens (tertiary/aromatic N) is 1. The molecule has 0 bridgehead atoms. The third-order valence-corrected chi connectivity index (χ3v) is 4.45. The molecule has 1 saturated carbocycles. The van der Waals surface area contributed by atoms with E-state index in [0.717, 1.165) is 22.5 Å². The zero-order valence-electron chi connectivity index (χ0n) is 10.9. The molecule has 100 valence electrons. The van der Waals surface area contributed by atoms with Crippen LogP contribution in [0, 0.1) is 11.8 Å². The number of aromatic nitrogens is 1. The number of nitrogens with two attached hydrogens (primary N) is 1. The van der Waals surface area contributed by atoms with Crippen molar-refractivity contribution in [2.24, 2.45) is 17.7 Å². The highest BCUT2D eigenvalue weighted by Crippen LogP contribution is 2.31. The first-order valence-corrected chi connectivity index (χ1v) is 7.55. The molecule has 0 radical (unpaired) electrons. The molecule has 0 aromatic carbocycles. The maximum absolute atomic E-state index is 5.74. The van der Waals surface area contributed by atoms with Crippen molar-refractivity contribution in [3.63, 3.8) is 0 Å². The normalized spacial score (nSPS) is 25.9. The molecule has 0 saturated heterocycles. The number of hydrogen-bond donors (Lipinski definition) is 2. The van der Waals surface area contributed by atoms with E-state index in [2.05, 4.69) is 39.3 Å². The lowest BCUT2D eigenvalue weighted by molar-refractivity contribution is 0.221. The molecule has 3 nitrogen and oxygen atoms in total. The average molecular weight is 312 g/mol. The van der Waals surface area contributed by atoms with Gasteiger partial charge in [0, 0.05) is 28.8 Å². The molecule has 1 aliphatic rings. The summed E-state index contributed by atoms with van der Waals surface area (Å²) in [5.74, 6) is 7.26. The first-order valence-electron chi connectivity index (χ1n) is 6.75. The molecule has 3 N–H and O–H groups in total. The van der Waals surface area contributed by atoms with Crippen LogP contribution in [-0.2, 0) is 6.42 Å². The summed E-state index contributed by atoms with van der Waals surface area (Å²) in [7, 11) is 0. The van der Waals surface area contributed by atoms with Crippen molar-refractivity contribution >= 4 is 15.9 Å². The fourth-order valence-corrected chi connectivity index (χ4v) is 3.20. The minimum atomic E-state index is 0.349. The highest BCUT2D eigenvalue weighted by molar-refractivity contribution is 9.10. The molecule has 2 rings (SSSR count). The van der Waals surface area contributed by atoms with Gasteiger partial charge in [-0.2, -0.15) is 0 Å². The van der Waals surface area contributed by atoms with Gasteiger partial charge in [0.15, 0.2) is 0 Å². The van der Waals surface area contributed by atoms with Crippen LogP contribution in [0.2, 0.25) is 0 Å². The average Bonchev–Trinajstić information content (AvgIpc) is 2.38. The number of rotatable bonds is 4. The van der Waals surface area contributed by atoms with E-state index >= 15 is 0 Å². The first-order chi connectivity index (χ1) is 8.69. The van der Waals surface area contributed by atoms with Gasteiger partial charge in [0.1, 0.15) is 0 Å². The van der Waals surface area contributed by atoms with Gasteiger partial charge in [-0.1, -0.05) is 19.8 Å². The van der Waals surface area contributed by atoms with Crippen LogP contribution < -0.4 is 11.3 Å². The molecule has 3 atom stereocenters. The molecule has 18 heavy (non-hydrogen) atoms. The molecule has 1 aromatic rings. The quantitative estimate of drug-likeness (QED) is 0.664. The van der Waals surface area contributed by atoms with Crippen molar-refractivity contribution in [3.8, 4) is 0 Å². The lowest BCUT2D eigenvalue weighted by Crippen LogP contribution is -2.44. The van der Waals surface area contributed by atoms with E-state index in [9.17, 15) is 0 Å². The lowest BCUT2D eigenvalue weighted by atomic mass is 9.77. The van der Waals surface area contributed by atoms with Gasteiger partial charge in [0.05, 0.1) is 0 Å². The van der Waals surface area contributed by atoms with E-state index in [1.165, 1.54) is 25.7 Å². The molecular formula is C14H22BrN3. The van der Waals surface area contributed by atoms with Crippen LogP contribution in [-0.4, -0.2) is 11.0 Å². The summed E-state index contributed by atoms with van der Waals surface area (Å²) in [6.07, 6.45) is 8.04. The van der Waals surface area contributed by atoms with Crippen LogP contribution in [0.3, 0.4) is 0 Å². The molecule has 1 aliphatic carbocycles. The highest BCUT2D eigenvalue weighted by Gasteiger charge is 2.26. The highest BCUT2D eigenvalue weighted by atomic mass is 79.9. The molecule has 1 aromatic heterocycles. The molecule has 0 amide bonds. The molecule has 4 heteroatoms. The second-order valence-electron chi connectivity index (χ2n) is 5.48. The monoisotopic (exact) mass is 311 g/mol. The van der Waals surface area contributed by atoms with Gasteiger partial charge in [0.2, 0.25) is 0 Å². The van der Waals surface area contributed by atoms with Crippen LogP contribution in [0.4, 0.5) is 0 Å². The van der Waals surface area contributed by atoms with Crippen molar-refractivity contribution in [2.45, 2.75) is 45.1 Å². The summed E-state index contributed by atoms with van der Waals surface area (Å²) >= 11 is 3.41. The van der Waals surface area contributed by atoms with Gasteiger partial charge in [-0.3, -0.25) is 16.3 Å². The summed E-state index contributed by atoms with van der Waals surface area (Å²) in [5.41, 5.74) is 4.11. The van der Waals surface area contributed by atoms with Crippen LogP contribution >= 0.6 is 15.9 Å². The number of hydrogen-bond acceptors (Lipinski definition) is 3. The van der Waals surface area contributed by atoms with Crippen molar-refractivity contribution in [2.75, 3.05) is 0 Å². The van der Waals surface area contributed by atoms with Crippen LogP contribution in [0.1, 0.15) is 38.3 Å². The van der Waals surface area contributed by atoms with E-state index in [0.29, 0.717) is 12.0 Å². The number of nitrogens with one attached hydrogen (secondary N) is 1. The maximum atomic E-state index is 5.74. The Bertz CT molecular complexity index is 366. The van der Waals surface area contributed by atoms with Gasteiger partial charge in [-0.25, -0.2) is 0 Å². The predicted octanol–water partition coefficient (Wildman–Crippen LogP) is 3.04. The van der Waals surface area contributed by atoms with Gasteiger partial charge in [-0.15, -0.1) is 0 Å².